The van der Waals surface area contributed by atoms with Gasteiger partial charge in [0.25, 0.3) is 0 Å². The second kappa shape index (κ2) is 10.3. The Labute approximate surface area is 303 Å². The van der Waals surface area contributed by atoms with Crippen molar-refractivity contribution in [2.75, 3.05) is 0 Å². The topological polar surface area (TPSA) is 43.9 Å². The van der Waals surface area contributed by atoms with Crippen LogP contribution in [0.4, 0.5) is 0 Å². The fraction of sp³-hybridized carbons (Fsp3) is 0.0213. The number of rotatable bonds is 2. The average Bonchev–Trinajstić information content (AvgIpc) is 3.85. The molecule has 0 bridgehead atoms. The van der Waals surface area contributed by atoms with E-state index in [1.807, 2.05) is 23.9 Å². The molecule has 4 heterocycles. The van der Waals surface area contributed by atoms with Crippen LogP contribution in [0.5, 0.6) is 0 Å². The smallest absolute Gasteiger partial charge is 0.235 e. The SMILES string of the molecule is c1ccc(-c2nc(-n3c4ccccc4c4ccc5c6c(oc5c43)-c3ccccc3C63c4ccccc4Sc4ccccc43)nc3ccccc23)cc1. The van der Waals surface area contributed by atoms with Crippen molar-refractivity contribution in [1.82, 2.24) is 14.5 Å². The molecule has 5 heteroatoms. The molecule has 0 unspecified atom stereocenters. The molecule has 0 atom stereocenters. The van der Waals surface area contributed by atoms with Crippen LogP contribution in [0, 0.1) is 0 Å². The molecular formula is C47H27N3OS. The molecular weight excluding hydrogens is 655 g/mol. The summed E-state index contributed by atoms with van der Waals surface area (Å²) >= 11 is 1.85. The number of para-hydroxylation sites is 2. The predicted octanol–water partition coefficient (Wildman–Crippen LogP) is 12.0. The van der Waals surface area contributed by atoms with E-state index in [1.165, 1.54) is 32.0 Å². The Morgan fingerprint density at radius 3 is 1.96 bits per heavy atom. The first-order valence-electron chi connectivity index (χ1n) is 17.6. The molecule has 7 aromatic carbocycles. The third kappa shape index (κ3) is 3.53. The monoisotopic (exact) mass is 681 g/mol. The minimum Gasteiger partial charge on any atom is -0.453 e. The van der Waals surface area contributed by atoms with E-state index in [4.69, 9.17) is 14.4 Å². The van der Waals surface area contributed by atoms with Gasteiger partial charge in [-0.2, -0.15) is 0 Å². The highest BCUT2D eigenvalue weighted by atomic mass is 32.2. The van der Waals surface area contributed by atoms with E-state index in [-0.39, 0.29) is 0 Å². The van der Waals surface area contributed by atoms with E-state index < -0.39 is 5.41 Å². The highest BCUT2D eigenvalue weighted by Crippen LogP contribution is 2.64. The number of aromatic nitrogens is 3. The fourth-order valence-corrected chi connectivity index (χ4v) is 10.2. The first-order chi connectivity index (χ1) is 25.8. The normalized spacial score (nSPS) is 13.8. The third-order valence-electron chi connectivity index (χ3n) is 11.1. The standard InChI is InChI=1S/C47H27N3OS/c1-2-14-28(15-3-1)42-32-18-5-10-22-37(32)48-46(49-42)50-38-23-11-6-16-29(38)30-26-27-33-41-44(51-45(33)43(30)50)31-17-4-7-19-34(31)47(41)35-20-8-12-24-39(35)52-40-25-13-9-21-36(40)47/h1-27H. The molecule has 12 rings (SSSR count). The zero-order chi connectivity index (χ0) is 34.0. The average molecular weight is 682 g/mol. The van der Waals surface area contributed by atoms with E-state index in [2.05, 4.69) is 156 Å². The Balaban J connectivity index is 1.25. The first-order valence-corrected chi connectivity index (χ1v) is 18.4. The quantitative estimate of drug-likeness (QED) is 0.182. The third-order valence-corrected chi connectivity index (χ3v) is 12.2. The molecule has 0 fully saturated rings. The lowest BCUT2D eigenvalue weighted by atomic mass is 9.67. The van der Waals surface area contributed by atoms with Crippen LogP contribution in [-0.2, 0) is 5.41 Å². The summed E-state index contributed by atoms with van der Waals surface area (Å²) in [5.41, 5.74) is 11.3. The van der Waals surface area contributed by atoms with Crippen molar-refractivity contribution in [2.45, 2.75) is 15.2 Å². The minimum absolute atomic E-state index is 0.542. The minimum atomic E-state index is -0.542. The van der Waals surface area contributed by atoms with Crippen LogP contribution >= 0.6 is 11.8 Å². The number of benzene rings is 7. The van der Waals surface area contributed by atoms with Crippen molar-refractivity contribution < 1.29 is 4.42 Å². The van der Waals surface area contributed by atoms with Crippen molar-refractivity contribution in [3.8, 4) is 28.5 Å². The van der Waals surface area contributed by atoms with Crippen LogP contribution in [0.25, 0.3) is 72.2 Å². The second-order valence-electron chi connectivity index (χ2n) is 13.6. The Kier molecular flexibility index (Phi) is 5.61. The molecule has 52 heavy (non-hydrogen) atoms. The van der Waals surface area contributed by atoms with Crippen molar-refractivity contribution >= 4 is 55.4 Å². The maximum absolute atomic E-state index is 7.32. The summed E-state index contributed by atoms with van der Waals surface area (Å²) in [6.07, 6.45) is 0. The number of fused-ring (bicyclic) bond motifs is 16. The molecule has 2 aliphatic rings. The first kappa shape index (κ1) is 28.3. The molecule has 0 radical (unpaired) electrons. The maximum atomic E-state index is 7.32. The van der Waals surface area contributed by atoms with E-state index >= 15 is 0 Å². The molecule has 242 valence electrons. The Morgan fingerprint density at radius 2 is 1.15 bits per heavy atom. The van der Waals surface area contributed by atoms with Crippen LogP contribution in [0.1, 0.15) is 22.3 Å². The molecule has 1 spiro atoms. The van der Waals surface area contributed by atoms with Crippen LogP contribution in [0.15, 0.2) is 178 Å². The summed E-state index contributed by atoms with van der Waals surface area (Å²) in [6, 6.07) is 58.4. The van der Waals surface area contributed by atoms with Gasteiger partial charge in [0, 0.05) is 48.0 Å². The van der Waals surface area contributed by atoms with Gasteiger partial charge >= 0.3 is 0 Å². The van der Waals surface area contributed by atoms with Gasteiger partial charge in [0.05, 0.1) is 22.1 Å². The molecule has 0 amide bonds. The fourth-order valence-electron chi connectivity index (χ4n) is 9.05. The lowest BCUT2D eigenvalue weighted by Gasteiger charge is -2.39. The summed E-state index contributed by atoms with van der Waals surface area (Å²) < 4.78 is 9.54. The van der Waals surface area contributed by atoms with Gasteiger partial charge < -0.3 is 4.42 Å². The molecule has 4 nitrogen and oxygen atoms in total. The van der Waals surface area contributed by atoms with Crippen LogP contribution in [0.2, 0.25) is 0 Å². The Bertz CT molecular complexity index is 3070. The molecule has 1 aliphatic heterocycles. The van der Waals surface area contributed by atoms with Gasteiger partial charge in [-0.15, -0.1) is 0 Å². The lowest BCUT2D eigenvalue weighted by molar-refractivity contribution is 0.628. The molecule has 0 N–H and O–H groups in total. The van der Waals surface area contributed by atoms with E-state index in [0.29, 0.717) is 5.95 Å². The second-order valence-corrected chi connectivity index (χ2v) is 14.7. The summed E-state index contributed by atoms with van der Waals surface area (Å²) in [5.74, 6) is 1.54. The summed E-state index contributed by atoms with van der Waals surface area (Å²) in [5, 5.41) is 4.36. The van der Waals surface area contributed by atoms with Crippen molar-refractivity contribution in [2.24, 2.45) is 0 Å². The van der Waals surface area contributed by atoms with Gasteiger partial charge in [0.1, 0.15) is 11.3 Å². The van der Waals surface area contributed by atoms with E-state index in [0.717, 1.165) is 66.3 Å². The van der Waals surface area contributed by atoms with E-state index in [9.17, 15) is 0 Å². The van der Waals surface area contributed by atoms with Crippen LogP contribution in [-0.4, -0.2) is 14.5 Å². The summed E-state index contributed by atoms with van der Waals surface area (Å²) in [7, 11) is 0. The Hall–Kier alpha value is -6.43. The van der Waals surface area contributed by atoms with Gasteiger partial charge in [0.2, 0.25) is 5.95 Å². The van der Waals surface area contributed by atoms with Gasteiger partial charge in [-0.25, -0.2) is 9.97 Å². The van der Waals surface area contributed by atoms with E-state index in [1.54, 1.807) is 0 Å². The number of hydrogen-bond donors (Lipinski definition) is 0. The molecule has 3 aromatic heterocycles. The number of hydrogen-bond acceptors (Lipinski definition) is 4. The lowest BCUT2D eigenvalue weighted by Crippen LogP contribution is -2.31. The predicted molar refractivity (Wildman–Crippen MR) is 211 cm³/mol. The molecule has 1 aliphatic carbocycles. The highest BCUT2D eigenvalue weighted by Gasteiger charge is 2.53. The highest BCUT2D eigenvalue weighted by molar-refractivity contribution is 7.99. The Morgan fingerprint density at radius 1 is 0.519 bits per heavy atom. The number of furan rings is 1. The van der Waals surface area contributed by atoms with Crippen molar-refractivity contribution in [1.29, 1.82) is 0 Å². The van der Waals surface area contributed by atoms with Crippen LogP contribution < -0.4 is 0 Å². The molecule has 0 saturated heterocycles. The summed E-state index contributed by atoms with van der Waals surface area (Å²) in [6.45, 7) is 0. The largest absolute Gasteiger partial charge is 0.453 e. The van der Waals surface area contributed by atoms with Gasteiger partial charge in [-0.05, 0) is 47.0 Å². The maximum Gasteiger partial charge on any atom is 0.235 e. The number of nitrogens with zero attached hydrogens (tertiary/aromatic N) is 3. The zero-order valence-corrected chi connectivity index (χ0v) is 28.6. The zero-order valence-electron chi connectivity index (χ0n) is 27.7. The van der Waals surface area contributed by atoms with Crippen molar-refractivity contribution in [3.05, 3.63) is 186 Å². The summed E-state index contributed by atoms with van der Waals surface area (Å²) in [4.78, 5) is 13.2. The van der Waals surface area contributed by atoms with Crippen LogP contribution in [0.3, 0.4) is 0 Å². The van der Waals surface area contributed by atoms with Gasteiger partial charge in [-0.1, -0.05) is 145 Å². The van der Waals surface area contributed by atoms with Crippen molar-refractivity contribution in [3.63, 3.8) is 0 Å². The van der Waals surface area contributed by atoms with Gasteiger partial charge in [-0.3, -0.25) is 4.57 Å². The van der Waals surface area contributed by atoms with Gasteiger partial charge in [0.15, 0.2) is 5.58 Å². The molecule has 0 saturated carbocycles. The molecule has 10 aromatic rings.